The molecule has 1 amide bonds. The van der Waals surface area contributed by atoms with Crippen molar-refractivity contribution in [2.24, 2.45) is 0 Å². The van der Waals surface area contributed by atoms with Crippen LogP contribution in [-0.2, 0) is 4.74 Å². The average molecular weight is 248 g/mol. The van der Waals surface area contributed by atoms with Gasteiger partial charge >= 0.3 is 0 Å². The number of nitrogen functional groups attached to an aromatic ring is 1. The minimum Gasteiger partial charge on any atom is -0.399 e. The zero-order valence-electron chi connectivity index (χ0n) is 11.0. The van der Waals surface area contributed by atoms with Crippen molar-refractivity contribution < 1.29 is 9.53 Å². The summed E-state index contributed by atoms with van der Waals surface area (Å²) in [5.74, 6) is -0.0742. The number of carbonyl (C=O) groups excluding carboxylic acids is 1. The molecule has 0 saturated carbocycles. The number of rotatable bonds is 3. The summed E-state index contributed by atoms with van der Waals surface area (Å²) in [5, 5.41) is 2.92. The zero-order chi connectivity index (χ0) is 13.2. The van der Waals surface area contributed by atoms with E-state index in [9.17, 15) is 4.79 Å². The molecule has 1 aliphatic rings. The van der Waals surface area contributed by atoms with Crippen LogP contribution in [0.4, 0.5) is 5.69 Å². The number of aryl methyl sites for hydroxylation is 1. The molecule has 0 spiro atoms. The number of nitrogens with two attached hydrogens (primary N) is 1. The molecule has 1 aromatic rings. The van der Waals surface area contributed by atoms with Crippen LogP contribution in [0, 0.1) is 6.92 Å². The van der Waals surface area contributed by atoms with Gasteiger partial charge in [0.05, 0.1) is 5.60 Å². The fourth-order valence-electron chi connectivity index (χ4n) is 2.16. The van der Waals surface area contributed by atoms with Gasteiger partial charge in [-0.1, -0.05) is 0 Å². The van der Waals surface area contributed by atoms with Gasteiger partial charge in [0.1, 0.15) is 0 Å². The summed E-state index contributed by atoms with van der Waals surface area (Å²) in [6, 6.07) is 5.32. The lowest BCUT2D eigenvalue weighted by molar-refractivity contribution is 0.0206. The Morgan fingerprint density at radius 1 is 1.56 bits per heavy atom. The first kappa shape index (κ1) is 12.9. The standard InChI is InChI=1S/C14H20N2O2/c1-10-8-11(4-5-12(10)15)13(17)16-9-14(2)6-3-7-18-14/h4-5,8H,3,6-7,9,15H2,1-2H3,(H,16,17). The topological polar surface area (TPSA) is 64.3 Å². The molecule has 0 aliphatic carbocycles. The number of anilines is 1. The van der Waals surface area contributed by atoms with E-state index >= 15 is 0 Å². The molecule has 3 N–H and O–H groups in total. The summed E-state index contributed by atoms with van der Waals surface area (Å²) < 4.78 is 5.63. The first-order valence-electron chi connectivity index (χ1n) is 6.28. The number of benzene rings is 1. The van der Waals surface area contributed by atoms with Crippen LogP contribution in [0.25, 0.3) is 0 Å². The van der Waals surface area contributed by atoms with Gasteiger partial charge in [-0.05, 0) is 50.5 Å². The number of hydrogen-bond acceptors (Lipinski definition) is 3. The third-order valence-corrected chi connectivity index (χ3v) is 3.46. The highest BCUT2D eigenvalue weighted by molar-refractivity contribution is 5.94. The van der Waals surface area contributed by atoms with Crippen LogP contribution in [0.2, 0.25) is 0 Å². The van der Waals surface area contributed by atoms with Crippen molar-refractivity contribution in [3.8, 4) is 0 Å². The van der Waals surface area contributed by atoms with Crippen LogP contribution in [0.3, 0.4) is 0 Å². The van der Waals surface area contributed by atoms with E-state index in [1.807, 2.05) is 19.9 Å². The van der Waals surface area contributed by atoms with Gasteiger partial charge in [-0.25, -0.2) is 0 Å². The molecule has 0 aromatic heterocycles. The van der Waals surface area contributed by atoms with Gasteiger partial charge in [0.15, 0.2) is 0 Å². The molecule has 2 rings (SSSR count). The summed E-state index contributed by atoms with van der Waals surface area (Å²) >= 11 is 0. The van der Waals surface area contributed by atoms with Gasteiger partial charge in [-0.15, -0.1) is 0 Å². The molecule has 1 saturated heterocycles. The third-order valence-electron chi connectivity index (χ3n) is 3.46. The first-order chi connectivity index (χ1) is 8.50. The Bertz CT molecular complexity index is 451. The smallest absolute Gasteiger partial charge is 0.251 e. The van der Waals surface area contributed by atoms with Gasteiger partial charge in [-0.2, -0.15) is 0 Å². The highest BCUT2D eigenvalue weighted by atomic mass is 16.5. The van der Waals surface area contributed by atoms with Crippen LogP contribution >= 0.6 is 0 Å². The van der Waals surface area contributed by atoms with E-state index in [-0.39, 0.29) is 11.5 Å². The van der Waals surface area contributed by atoms with Gasteiger partial charge in [0.25, 0.3) is 5.91 Å². The van der Waals surface area contributed by atoms with Gasteiger partial charge in [0.2, 0.25) is 0 Å². The maximum absolute atomic E-state index is 12.0. The molecule has 1 aliphatic heterocycles. The van der Waals surface area contributed by atoms with Crippen LogP contribution in [0.1, 0.15) is 35.7 Å². The van der Waals surface area contributed by atoms with E-state index in [2.05, 4.69) is 5.32 Å². The molecule has 4 heteroatoms. The van der Waals surface area contributed by atoms with Crippen molar-refractivity contribution in [2.45, 2.75) is 32.3 Å². The number of nitrogens with one attached hydrogen (secondary N) is 1. The predicted octanol–water partition coefficient (Wildman–Crippen LogP) is 1.88. The second-order valence-corrected chi connectivity index (χ2v) is 5.16. The van der Waals surface area contributed by atoms with Crippen molar-refractivity contribution in [1.82, 2.24) is 5.32 Å². The van der Waals surface area contributed by atoms with Crippen LogP contribution in [-0.4, -0.2) is 24.7 Å². The minimum absolute atomic E-state index is 0.0742. The van der Waals surface area contributed by atoms with Crippen molar-refractivity contribution in [3.63, 3.8) is 0 Å². The fraction of sp³-hybridized carbons (Fsp3) is 0.500. The number of carbonyl (C=O) groups is 1. The molecule has 0 radical (unpaired) electrons. The zero-order valence-corrected chi connectivity index (χ0v) is 11.0. The monoisotopic (exact) mass is 248 g/mol. The Morgan fingerprint density at radius 2 is 2.33 bits per heavy atom. The molecule has 1 heterocycles. The Balaban J connectivity index is 1.97. The number of ether oxygens (including phenoxy) is 1. The van der Waals surface area contributed by atoms with Crippen LogP contribution in [0.5, 0.6) is 0 Å². The highest BCUT2D eigenvalue weighted by Gasteiger charge is 2.30. The summed E-state index contributed by atoms with van der Waals surface area (Å²) in [6.07, 6.45) is 2.06. The highest BCUT2D eigenvalue weighted by Crippen LogP contribution is 2.24. The molecule has 18 heavy (non-hydrogen) atoms. The Hall–Kier alpha value is -1.55. The average Bonchev–Trinajstić information content (AvgIpc) is 2.77. The summed E-state index contributed by atoms with van der Waals surface area (Å²) in [4.78, 5) is 12.0. The van der Waals surface area contributed by atoms with Crippen molar-refractivity contribution >= 4 is 11.6 Å². The van der Waals surface area contributed by atoms with Crippen molar-refractivity contribution in [2.75, 3.05) is 18.9 Å². The molecule has 1 fully saturated rings. The third kappa shape index (κ3) is 2.82. The Morgan fingerprint density at radius 3 is 2.94 bits per heavy atom. The summed E-state index contributed by atoms with van der Waals surface area (Å²) in [5.41, 5.74) is 7.79. The van der Waals surface area contributed by atoms with E-state index in [4.69, 9.17) is 10.5 Å². The summed E-state index contributed by atoms with van der Waals surface area (Å²) in [6.45, 7) is 5.27. The number of hydrogen-bond donors (Lipinski definition) is 2. The van der Waals surface area contributed by atoms with Gasteiger partial charge in [0, 0.05) is 24.4 Å². The normalized spacial score (nSPS) is 23.0. The molecule has 98 valence electrons. The molecule has 1 unspecified atom stereocenters. The fourth-order valence-corrected chi connectivity index (χ4v) is 2.16. The molecule has 1 aromatic carbocycles. The van der Waals surface area contributed by atoms with Gasteiger partial charge in [-0.3, -0.25) is 4.79 Å². The Labute approximate surface area is 108 Å². The van der Waals surface area contributed by atoms with E-state index in [0.29, 0.717) is 17.8 Å². The first-order valence-corrected chi connectivity index (χ1v) is 6.28. The lowest BCUT2D eigenvalue weighted by atomic mass is 10.0. The van der Waals surface area contributed by atoms with E-state index < -0.39 is 0 Å². The Kier molecular flexibility index (Phi) is 3.57. The second kappa shape index (κ2) is 4.98. The van der Waals surface area contributed by atoms with E-state index in [1.54, 1.807) is 12.1 Å². The van der Waals surface area contributed by atoms with Crippen LogP contribution < -0.4 is 11.1 Å². The van der Waals surface area contributed by atoms with Gasteiger partial charge < -0.3 is 15.8 Å². The maximum atomic E-state index is 12.0. The SMILES string of the molecule is Cc1cc(C(=O)NCC2(C)CCCO2)ccc1N. The lowest BCUT2D eigenvalue weighted by Crippen LogP contribution is -2.40. The van der Waals surface area contributed by atoms with Crippen molar-refractivity contribution in [1.29, 1.82) is 0 Å². The predicted molar refractivity (Wildman–Crippen MR) is 71.5 cm³/mol. The van der Waals surface area contributed by atoms with E-state index in [0.717, 1.165) is 25.0 Å². The quantitative estimate of drug-likeness (QED) is 0.803. The molecule has 0 bridgehead atoms. The van der Waals surface area contributed by atoms with E-state index in [1.165, 1.54) is 0 Å². The molecule has 1 atom stereocenters. The number of amides is 1. The van der Waals surface area contributed by atoms with Crippen LogP contribution in [0.15, 0.2) is 18.2 Å². The molecular weight excluding hydrogens is 228 g/mol. The maximum Gasteiger partial charge on any atom is 0.251 e. The molecular formula is C14H20N2O2. The molecule has 4 nitrogen and oxygen atoms in total. The van der Waals surface area contributed by atoms with Crippen molar-refractivity contribution in [3.05, 3.63) is 29.3 Å². The summed E-state index contributed by atoms with van der Waals surface area (Å²) in [7, 11) is 0. The largest absolute Gasteiger partial charge is 0.399 e. The lowest BCUT2D eigenvalue weighted by Gasteiger charge is -2.23. The minimum atomic E-state index is -0.210. The second-order valence-electron chi connectivity index (χ2n) is 5.16.